The summed E-state index contributed by atoms with van der Waals surface area (Å²) in [6.45, 7) is 10.4. The van der Waals surface area contributed by atoms with Gasteiger partial charge in [0.05, 0.1) is 0 Å². The molecule has 0 amide bonds. The lowest BCUT2D eigenvalue weighted by Crippen LogP contribution is -2.36. The van der Waals surface area contributed by atoms with E-state index in [1.165, 1.54) is 12.8 Å². The zero-order valence-corrected chi connectivity index (χ0v) is 13.1. The standard InChI is InChI=1S/C14H26N6/c1-5-19(6-2)13-16-12(15-4)17-14(18-13)20-9-7-8-11(3)10-20/h11H,5-10H2,1-4H3,(H,15,16,17,18). The van der Waals surface area contributed by atoms with Crippen molar-refractivity contribution in [3.8, 4) is 0 Å². The van der Waals surface area contributed by atoms with Crippen molar-refractivity contribution in [1.82, 2.24) is 15.0 Å². The molecule has 1 N–H and O–H groups in total. The van der Waals surface area contributed by atoms with Crippen molar-refractivity contribution in [2.45, 2.75) is 33.6 Å². The van der Waals surface area contributed by atoms with Crippen molar-refractivity contribution < 1.29 is 0 Å². The molecule has 6 heteroatoms. The number of nitrogens with one attached hydrogen (secondary N) is 1. The van der Waals surface area contributed by atoms with Gasteiger partial charge in [0.1, 0.15) is 0 Å². The van der Waals surface area contributed by atoms with Gasteiger partial charge in [-0.05, 0) is 32.6 Å². The van der Waals surface area contributed by atoms with Crippen LogP contribution in [0.15, 0.2) is 0 Å². The molecule has 0 aliphatic carbocycles. The number of rotatable bonds is 5. The van der Waals surface area contributed by atoms with Gasteiger partial charge >= 0.3 is 0 Å². The van der Waals surface area contributed by atoms with Crippen LogP contribution in [-0.2, 0) is 0 Å². The van der Waals surface area contributed by atoms with Crippen LogP contribution >= 0.6 is 0 Å². The molecule has 1 aliphatic rings. The Kier molecular flexibility index (Phi) is 4.98. The van der Waals surface area contributed by atoms with Gasteiger partial charge in [-0.15, -0.1) is 0 Å². The third kappa shape index (κ3) is 3.29. The predicted molar refractivity (Wildman–Crippen MR) is 83.5 cm³/mol. The topological polar surface area (TPSA) is 57.2 Å². The number of nitrogens with zero attached hydrogens (tertiary/aromatic N) is 5. The van der Waals surface area contributed by atoms with E-state index in [1.54, 1.807) is 0 Å². The van der Waals surface area contributed by atoms with Crippen LogP contribution < -0.4 is 15.1 Å². The number of hydrogen-bond acceptors (Lipinski definition) is 6. The molecular weight excluding hydrogens is 252 g/mol. The molecule has 1 fully saturated rings. The van der Waals surface area contributed by atoms with Gasteiger partial charge in [-0.2, -0.15) is 15.0 Å². The molecule has 1 aliphatic heterocycles. The van der Waals surface area contributed by atoms with Crippen LogP contribution in [0.5, 0.6) is 0 Å². The number of piperidine rings is 1. The van der Waals surface area contributed by atoms with Gasteiger partial charge in [-0.3, -0.25) is 0 Å². The zero-order chi connectivity index (χ0) is 14.5. The Hall–Kier alpha value is -1.59. The Bertz CT molecular complexity index is 432. The summed E-state index contributed by atoms with van der Waals surface area (Å²) in [7, 11) is 1.85. The monoisotopic (exact) mass is 278 g/mol. The van der Waals surface area contributed by atoms with Crippen molar-refractivity contribution in [3.63, 3.8) is 0 Å². The van der Waals surface area contributed by atoms with Gasteiger partial charge in [0.15, 0.2) is 0 Å². The van der Waals surface area contributed by atoms with Crippen molar-refractivity contribution >= 4 is 17.8 Å². The van der Waals surface area contributed by atoms with Crippen LogP contribution in [0.25, 0.3) is 0 Å². The minimum absolute atomic E-state index is 0.648. The van der Waals surface area contributed by atoms with E-state index in [2.05, 4.69) is 50.8 Å². The van der Waals surface area contributed by atoms with Gasteiger partial charge in [0.2, 0.25) is 17.8 Å². The molecule has 2 rings (SSSR count). The molecule has 1 unspecified atom stereocenters. The maximum atomic E-state index is 4.67. The van der Waals surface area contributed by atoms with Crippen molar-refractivity contribution in [1.29, 1.82) is 0 Å². The van der Waals surface area contributed by atoms with Crippen LogP contribution in [0.2, 0.25) is 0 Å². The SMILES string of the molecule is CCN(CC)c1nc(NC)nc(N2CCCC(C)C2)n1. The molecule has 112 valence electrons. The van der Waals surface area contributed by atoms with E-state index in [9.17, 15) is 0 Å². The van der Waals surface area contributed by atoms with Crippen LogP contribution in [0.4, 0.5) is 17.8 Å². The van der Waals surface area contributed by atoms with E-state index in [4.69, 9.17) is 0 Å². The zero-order valence-electron chi connectivity index (χ0n) is 13.1. The number of hydrogen-bond donors (Lipinski definition) is 1. The average molecular weight is 278 g/mol. The van der Waals surface area contributed by atoms with Gasteiger partial charge in [0.25, 0.3) is 0 Å². The van der Waals surface area contributed by atoms with Gasteiger partial charge in [0, 0.05) is 33.2 Å². The van der Waals surface area contributed by atoms with Crippen LogP contribution in [0.1, 0.15) is 33.6 Å². The predicted octanol–water partition coefficient (Wildman–Crippen LogP) is 2.00. The summed E-state index contributed by atoms with van der Waals surface area (Å²) in [5.74, 6) is 2.92. The smallest absolute Gasteiger partial charge is 0.231 e. The first-order chi connectivity index (χ1) is 9.67. The van der Waals surface area contributed by atoms with E-state index >= 15 is 0 Å². The van der Waals surface area contributed by atoms with E-state index in [1.807, 2.05) is 7.05 Å². The Balaban J connectivity index is 2.29. The normalized spacial score (nSPS) is 19.0. The lowest BCUT2D eigenvalue weighted by molar-refractivity contribution is 0.441. The highest BCUT2D eigenvalue weighted by molar-refractivity contribution is 5.45. The first-order valence-electron chi connectivity index (χ1n) is 7.61. The summed E-state index contributed by atoms with van der Waals surface area (Å²) < 4.78 is 0. The molecule has 1 aromatic rings. The minimum Gasteiger partial charge on any atom is -0.357 e. The van der Waals surface area contributed by atoms with Crippen molar-refractivity contribution in [3.05, 3.63) is 0 Å². The summed E-state index contributed by atoms with van der Waals surface area (Å²) in [5.41, 5.74) is 0. The maximum absolute atomic E-state index is 4.67. The Morgan fingerprint density at radius 3 is 2.60 bits per heavy atom. The van der Waals surface area contributed by atoms with Gasteiger partial charge in [-0.25, -0.2) is 0 Å². The molecule has 2 heterocycles. The summed E-state index contributed by atoms with van der Waals surface area (Å²) in [6.07, 6.45) is 2.51. The quantitative estimate of drug-likeness (QED) is 0.889. The summed E-state index contributed by atoms with van der Waals surface area (Å²) >= 11 is 0. The fraction of sp³-hybridized carbons (Fsp3) is 0.786. The lowest BCUT2D eigenvalue weighted by Gasteiger charge is -2.31. The largest absolute Gasteiger partial charge is 0.357 e. The molecule has 6 nitrogen and oxygen atoms in total. The summed E-state index contributed by atoms with van der Waals surface area (Å²) in [6, 6.07) is 0. The van der Waals surface area contributed by atoms with E-state index in [-0.39, 0.29) is 0 Å². The molecule has 0 saturated carbocycles. The Morgan fingerprint density at radius 1 is 1.25 bits per heavy atom. The van der Waals surface area contributed by atoms with Crippen molar-refractivity contribution in [2.24, 2.45) is 5.92 Å². The van der Waals surface area contributed by atoms with Crippen LogP contribution in [-0.4, -0.2) is 48.2 Å². The first kappa shape index (κ1) is 14.8. The molecule has 1 saturated heterocycles. The molecule has 0 aromatic carbocycles. The molecule has 0 spiro atoms. The maximum Gasteiger partial charge on any atom is 0.231 e. The second-order valence-electron chi connectivity index (χ2n) is 5.37. The summed E-state index contributed by atoms with van der Waals surface area (Å²) in [5, 5.41) is 3.05. The van der Waals surface area contributed by atoms with E-state index < -0.39 is 0 Å². The molecular formula is C14H26N6. The highest BCUT2D eigenvalue weighted by atomic mass is 15.4. The van der Waals surface area contributed by atoms with Crippen LogP contribution in [0, 0.1) is 5.92 Å². The molecule has 20 heavy (non-hydrogen) atoms. The lowest BCUT2D eigenvalue weighted by atomic mass is 10.0. The van der Waals surface area contributed by atoms with E-state index in [0.29, 0.717) is 11.9 Å². The second kappa shape index (κ2) is 6.72. The molecule has 0 radical (unpaired) electrons. The number of anilines is 3. The van der Waals surface area contributed by atoms with E-state index in [0.717, 1.165) is 38.1 Å². The third-order valence-corrected chi connectivity index (χ3v) is 3.82. The molecule has 0 bridgehead atoms. The third-order valence-electron chi connectivity index (χ3n) is 3.82. The first-order valence-corrected chi connectivity index (χ1v) is 7.61. The number of aromatic nitrogens is 3. The highest BCUT2D eigenvalue weighted by Gasteiger charge is 2.21. The molecule has 1 aromatic heterocycles. The average Bonchev–Trinajstić information content (AvgIpc) is 2.48. The van der Waals surface area contributed by atoms with Crippen LogP contribution in [0.3, 0.4) is 0 Å². The second-order valence-corrected chi connectivity index (χ2v) is 5.37. The minimum atomic E-state index is 0.648. The van der Waals surface area contributed by atoms with Crippen molar-refractivity contribution in [2.75, 3.05) is 48.3 Å². The molecule has 1 atom stereocenters. The Labute approximate surface area is 121 Å². The Morgan fingerprint density at radius 2 is 2.00 bits per heavy atom. The van der Waals surface area contributed by atoms with Gasteiger partial charge in [-0.1, -0.05) is 6.92 Å². The summed E-state index contributed by atoms with van der Waals surface area (Å²) in [4.78, 5) is 18.1. The van der Waals surface area contributed by atoms with Gasteiger partial charge < -0.3 is 15.1 Å². The highest BCUT2D eigenvalue weighted by Crippen LogP contribution is 2.22. The fourth-order valence-electron chi connectivity index (χ4n) is 2.63. The fourth-order valence-corrected chi connectivity index (χ4v) is 2.63.